The van der Waals surface area contributed by atoms with E-state index < -0.39 is 0 Å². The molecule has 3 aromatic carbocycles. The van der Waals surface area contributed by atoms with Crippen LogP contribution in [0.25, 0.3) is 33.1 Å². The lowest BCUT2D eigenvalue weighted by Crippen LogP contribution is -1.99. The number of H-pyrrole nitrogens is 1. The summed E-state index contributed by atoms with van der Waals surface area (Å²) >= 11 is 3.67. The SMILES string of the molecule is NCCCCc1c(-c2ccc(Br)c3cccnc23)[nH]c2ccc(Oc3ccccc3)cc12. The number of aromatic amines is 1. The van der Waals surface area contributed by atoms with Crippen molar-refractivity contribution in [1.29, 1.82) is 0 Å². The minimum Gasteiger partial charge on any atom is -0.457 e. The number of hydrogen-bond donors (Lipinski definition) is 2. The zero-order valence-electron chi connectivity index (χ0n) is 17.6. The molecule has 160 valence electrons. The molecule has 0 aliphatic carbocycles. The van der Waals surface area contributed by atoms with Crippen molar-refractivity contribution in [3.05, 3.63) is 89.0 Å². The van der Waals surface area contributed by atoms with Gasteiger partial charge in [-0.05, 0) is 79.9 Å². The third kappa shape index (κ3) is 4.01. The van der Waals surface area contributed by atoms with E-state index in [4.69, 9.17) is 15.5 Å². The van der Waals surface area contributed by atoms with Gasteiger partial charge < -0.3 is 15.5 Å². The van der Waals surface area contributed by atoms with Crippen LogP contribution in [0.3, 0.4) is 0 Å². The van der Waals surface area contributed by atoms with Crippen molar-refractivity contribution in [1.82, 2.24) is 9.97 Å². The predicted molar refractivity (Wildman–Crippen MR) is 135 cm³/mol. The molecule has 0 saturated heterocycles. The Bertz CT molecular complexity index is 1380. The summed E-state index contributed by atoms with van der Waals surface area (Å²) in [6, 6.07) is 24.4. The first-order valence-electron chi connectivity index (χ1n) is 10.9. The summed E-state index contributed by atoms with van der Waals surface area (Å²) < 4.78 is 7.16. The zero-order valence-corrected chi connectivity index (χ0v) is 19.2. The largest absolute Gasteiger partial charge is 0.457 e. The van der Waals surface area contributed by atoms with Gasteiger partial charge in [-0.25, -0.2) is 0 Å². The summed E-state index contributed by atoms with van der Waals surface area (Å²) in [6.07, 6.45) is 4.81. The predicted octanol–water partition coefficient (Wildman–Crippen LogP) is 7.22. The smallest absolute Gasteiger partial charge is 0.128 e. The summed E-state index contributed by atoms with van der Waals surface area (Å²) in [5, 5.41) is 2.28. The number of para-hydroxylation sites is 1. The summed E-state index contributed by atoms with van der Waals surface area (Å²) in [6.45, 7) is 0.697. The number of rotatable bonds is 7. The van der Waals surface area contributed by atoms with Gasteiger partial charge in [0.25, 0.3) is 0 Å². The van der Waals surface area contributed by atoms with Crippen LogP contribution < -0.4 is 10.5 Å². The molecule has 0 amide bonds. The third-order valence-corrected chi connectivity index (χ3v) is 6.41. The number of pyridine rings is 1. The van der Waals surface area contributed by atoms with Gasteiger partial charge in [-0.2, -0.15) is 0 Å². The average molecular weight is 486 g/mol. The lowest BCUT2D eigenvalue weighted by atomic mass is 9.98. The van der Waals surface area contributed by atoms with Gasteiger partial charge in [-0.3, -0.25) is 4.98 Å². The Kier molecular flexibility index (Phi) is 5.93. The topological polar surface area (TPSA) is 63.9 Å². The van der Waals surface area contributed by atoms with Gasteiger partial charge in [-0.15, -0.1) is 0 Å². The van der Waals surface area contributed by atoms with Crippen LogP contribution in [0.1, 0.15) is 18.4 Å². The second kappa shape index (κ2) is 9.15. The fraction of sp³-hybridized carbons (Fsp3) is 0.148. The van der Waals surface area contributed by atoms with E-state index >= 15 is 0 Å². The molecule has 0 saturated carbocycles. The Morgan fingerprint density at radius 1 is 0.875 bits per heavy atom. The molecule has 0 unspecified atom stereocenters. The molecular formula is C27H24BrN3O. The summed E-state index contributed by atoms with van der Waals surface area (Å²) in [4.78, 5) is 8.37. The van der Waals surface area contributed by atoms with Crippen molar-refractivity contribution < 1.29 is 4.74 Å². The lowest BCUT2D eigenvalue weighted by Gasteiger charge is -2.10. The van der Waals surface area contributed by atoms with Crippen LogP contribution in [0.2, 0.25) is 0 Å². The maximum Gasteiger partial charge on any atom is 0.128 e. The van der Waals surface area contributed by atoms with E-state index in [1.807, 2.05) is 48.7 Å². The molecule has 5 heteroatoms. The number of aromatic nitrogens is 2. The first-order valence-corrected chi connectivity index (χ1v) is 11.6. The van der Waals surface area contributed by atoms with E-state index in [0.29, 0.717) is 6.54 Å². The molecular weight excluding hydrogens is 462 g/mol. The zero-order chi connectivity index (χ0) is 21.9. The number of nitrogens with one attached hydrogen (secondary N) is 1. The molecule has 4 nitrogen and oxygen atoms in total. The fourth-order valence-electron chi connectivity index (χ4n) is 4.19. The Morgan fingerprint density at radius 2 is 1.75 bits per heavy atom. The number of hydrogen-bond acceptors (Lipinski definition) is 3. The highest BCUT2D eigenvalue weighted by molar-refractivity contribution is 9.10. The van der Waals surface area contributed by atoms with Crippen LogP contribution in [0.5, 0.6) is 11.5 Å². The maximum atomic E-state index is 6.12. The van der Waals surface area contributed by atoms with E-state index in [2.05, 4.69) is 51.2 Å². The lowest BCUT2D eigenvalue weighted by molar-refractivity contribution is 0.483. The second-order valence-corrected chi connectivity index (χ2v) is 8.70. The first-order chi connectivity index (χ1) is 15.7. The van der Waals surface area contributed by atoms with Gasteiger partial charge in [0, 0.05) is 32.5 Å². The molecule has 3 N–H and O–H groups in total. The second-order valence-electron chi connectivity index (χ2n) is 7.84. The number of fused-ring (bicyclic) bond motifs is 2. The number of nitrogens with zero attached hydrogens (tertiary/aromatic N) is 1. The molecule has 0 aliphatic heterocycles. The number of benzene rings is 3. The van der Waals surface area contributed by atoms with E-state index in [1.54, 1.807) is 0 Å². The van der Waals surface area contributed by atoms with E-state index in [1.165, 1.54) is 10.9 Å². The number of ether oxygens (including phenoxy) is 1. The molecule has 0 radical (unpaired) electrons. The van der Waals surface area contributed by atoms with E-state index in [0.717, 1.165) is 62.9 Å². The fourth-order valence-corrected chi connectivity index (χ4v) is 4.64. The van der Waals surface area contributed by atoms with Gasteiger partial charge in [0.1, 0.15) is 11.5 Å². The Hall–Kier alpha value is -3.15. The quantitative estimate of drug-likeness (QED) is 0.239. The van der Waals surface area contributed by atoms with Crippen molar-refractivity contribution in [2.24, 2.45) is 5.73 Å². The molecule has 5 aromatic rings. The van der Waals surface area contributed by atoms with Gasteiger partial charge >= 0.3 is 0 Å². The molecule has 0 fully saturated rings. The van der Waals surface area contributed by atoms with Gasteiger partial charge in [-0.1, -0.05) is 40.2 Å². The van der Waals surface area contributed by atoms with Crippen molar-refractivity contribution in [3.63, 3.8) is 0 Å². The van der Waals surface area contributed by atoms with Crippen molar-refractivity contribution in [2.45, 2.75) is 19.3 Å². The molecule has 0 spiro atoms. The number of unbranched alkanes of at least 4 members (excludes halogenated alkanes) is 1. The van der Waals surface area contributed by atoms with Crippen LogP contribution in [-0.2, 0) is 6.42 Å². The Labute approximate surface area is 195 Å². The van der Waals surface area contributed by atoms with E-state index in [9.17, 15) is 0 Å². The summed E-state index contributed by atoms with van der Waals surface area (Å²) in [7, 11) is 0. The maximum absolute atomic E-state index is 6.12. The normalized spacial score (nSPS) is 11.3. The van der Waals surface area contributed by atoms with Crippen LogP contribution in [0.15, 0.2) is 83.5 Å². The third-order valence-electron chi connectivity index (χ3n) is 5.72. The standard InChI is InChI=1S/C27H24BrN3O/c28-24-13-12-22(26-21(24)10-6-16-30-26)27-20(9-4-5-15-29)23-17-19(11-14-25(23)31-27)32-18-7-2-1-3-8-18/h1-3,6-8,10-14,16-17,31H,4-5,9,15,29H2. The Morgan fingerprint density at radius 3 is 2.59 bits per heavy atom. The molecule has 2 aromatic heterocycles. The summed E-state index contributed by atoms with van der Waals surface area (Å²) in [5.74, 6) is 1.66. The first kappa shape index (κ1) is 20.7. The minimum absolute atomic E-state index is 0.697. The van der Waals surface area contributed by atoms with Crippen LogP contribution in [0, 0.1) is 0 Å². The molecule has 2 heterocycles. The monoisotopic (exact) mass is 485 g/mol. The van der Waals surface area contributed by atoms with Crippen molar-refractivity contribution in [2.75, 3.05) is 6.54 Å². The molecule has 0 bridgehead atoms. The Balaban J connectivity index is 1.65. The molecule has 5 rings (SSSR count). The highest BCUT2D eigenvalue weighted by atomic mass is 79.9. The van der Waals surface area contributed by atoms with E-state index in [-0.39, 0.29) is 0 Å². The van der Waals surface area contributed by atoms with Crippen molar-refractivity contribution in [3.8, 4) is 22.8 Å². The molecule has 0 atom stereocenters. The van der Waals surface area contributed by atoms with Crippen molar-refractivity contribution >= 4 is 37.7 Å². The minimum atomic E-state index is 0.697. The van der Waals surface area contributed by atoms with Gasteiger partial charge in [0.2, 0.25) is 0 Å². The van der Waals surface area contributed by atoms with Gasteiger partial charge in [0.05, 0.1) is 11.2 Å². The number of halogens is 1. The number of aryl methyl sites for hydroxylation is 1. The highest BCUT2D eigenvalue weighted by Crippen LogP contribution is 2.38. The van der Waals surface area contributed by atoms with Crippen LogP contribution >= 0.6 is 15.9 Å². The molecule has 32 heavy (non-hydrogen) atoms. The average Bonchev–Trinajstić information content (AvgIpc) is 3.18. The highest BCUT2D eigenvalue weighted by Gasteiger charge is 2.17. The van der Waals surface area contributed by atoms with Crippen LogP contribution in [-0.4, -0.2) is 16.5 Å². The summed E-state index contributed by atoms with van der Waals surface area (Å²) in [5.41, 5.74) is 11.4. The van der Waals surface area contributed by atoms with Gasteiger partial charge in [0.15, 0.2) is 0 Å². The molecule has 0 aliphatic rings. The van der Waals surface area contributed by atoms with Crippen LogP contribution in [0.4, 0.5) is 0 Å². The number of nitrogens with two attached hydrogens (primary N) is 1.